The van der Waals surface area contributed by atoms with Crippen LogP contribution in [-0.2, 0) is 26.6 Å². The van der Waals surface area contributed by atoms with Gasteiger partial charge in [0.2, 0.25) is 10.0 Å². The van der Waals surface area contributed by atoms with Crippen molar-refractivity contribution in [2.45, 2.75) is 16.3 Å². The summed E-state index contributed by atoms with van der Waals surface area (Å²) >= 11 is 0. The highest BCUT2D eigenvalue weighted by Crippen LogP contribution is 2.21. The van der Waals surface area contributed by atoms with E-state index >= 15 is 0 Å². The van der Waals surface area contributed by atoms with Crippen molar-refractivity contribution in [2.24, 2.45) is 5.14 Å². The number of hydrogen-bond acceptors (Lipinski definition) is 7. The molecule has 0 spiro atoms. The van der Waals surface area contributed by atoms with Gasteiger partial charge < -0.3 is 5.32 Å². The maximum absolute atomic E-state index is 12.5. The van der Waals surface area contributed by atoms with Crippen LogP contribution in [0.2, 0.25) is 0 Å². The normalized spacial score (nSPS) is 11.5. The van der Waals surface area contributed by atoms with E-state index in [1.54, 1.807) is 0 Å². The second-order valence-corrected chi connectivity index (χ2v) is 10.1. The van der Waals surface area contributed by atoms with Gasteiger partial charge in [-0.1, -0.05) is 18.2 Å². The third kappa shape index (κ3) is 6.12. The summed E-state index contributed by atoms with van der Waals surface area (Å²) < 4.78 is 49.8. The maximum Gasteiger partial charge on any atom is 0.270 e. The quantitative estimate of drug-likeness (QED) is 0.319. The highest BCUT2D eigenvalue weighted by atomic mass is 32.2. The van der Waals surface area contributed by atoms with Crippen LogP contribution in [0.4, 0.5) is 11.4 Å². The number of anilines is 1. The lowest BCUT2D eigenvalue weighted by Crippen LogP contribution is -2.23. The first-order valence-electron chi connectivity index (χ1n) is 9.23. The molecule has 172 valence electrons. The smallest absolute Gasteiger partial charge is 0.270 e. The van der Waals surface area contributed by atoms with E-state index in [-0.39, 0.29) is 33.3 Å². The number of nitro groups is 1. The van der Waals surface area contributed by atoms with Crippen molar-refractivity contribution in [3.8, 4) is 0 Å². The van der Waals surface area contributed by atoms with E-state index in [2.05, 4.69) is 10.0 Å². The average Bonchev–Trinajstić information content (AvgIpc) is 2.77. The predicted octanol–water partition coefficient (Wildman–Crippen LogP) is 1.97. The third-order valence-corrected chi connectivity index (χ3v) is 6.75. The average molecular weight is 491 g/mol. The first-order chi connectivity index (χ1) is 15.5. The molecule has 0 aliphatic carbocycles. The summed E-state index contributed by atoms with van der Waals surface area (Å²) in [6, 6.07) is 15.9. The van der Waals surface area contributed by atoms with Crippen molar-refractivity contribution < 1.29 is 26.6 Å². The molecule has 33 heavy (non-hydrogen) atoms. The molecule has 3 rings (SSSR count). The van der Waals surface area contributed by atoms with Gasteiger partial charge in [0.1, 0.15) is 0 Å². The molecule has 13 heteroatoms. The number of nitrogens with one attached hydrogen (secondary N) is 2. The van der Waals surface area contributed by atoms with Crippen LogP contribution in [-0.4, -0.2) is 27.7 Å². The summed E-state index contributed by atoms with van der Waals surface area (Å²) in [5.74, 6) is -0.432. The van der Waals surface area contributed by atoms with E-state index in [0.717, 1.165) is 6.07 Å². The van der Waals surface area contributed by atoms with Crippen LogP contribution < -0.4 is 15.2 Å². The van der Waals surface area contributed by atoms with E-state index in [1.165, 1.54) is 66.7 Å². The second-order valence-electron chi connectivity index (χ2n) is 6.81. The van der Waals surface area contributed by atoms with Crippen molar-refractivity contribution in [2.75, 3.05) is 4.72 Å². The van der Waals surface area contributed by atoms with Crippen LogP contribution in [0, 0.1) is 10.1 Å². The molecular formula is C20H18N4O7S2. The van der Waals surface area contributed by atoms with E-state index < -0.39 is 30.9 Å². The number of nitrogens with zero attached hydrogens (tertiary/aromatic N) is 1. The number of primary sulfonamides is 1. The van der Waals surface area contributed by atoms with Gasteiger partial charge in [-0.05, 0) is 48.0 Å². The van der Waals surface area contributed by atoms with Gasteiger partial charge in [-0.25, -0.2) is 22.0 Å². The number of amides is 1. The van der Waals surface area contributed by atoms with Gasteiger partial charge in [-0.2, -0.15) is 0 Å². The number of nitrogens with two attached hydrogens (primary N) is 1. The number of rotatable bonds is 8. The van der Waals surface area contributed by atoms with Crippen molar-refractivity contribution in [3.63, 3.8) is 0 Å². The molecule has 11 nitrogen and oxygen atoms in total. The Kier molecular flexibility index (Phi) is 6.76. The van der Waals surface area contributed by atoms with Crippen LogP contribution in [0.5, 0.6) is 0 Å². The summed E-state index contributed by atoms with van der Waals surface area (Å²) in [4.78, 5) is 22.2. The second kappa shape index (κ2) is 9.36. The minimum atomic E-state index is -4.07. The Morgan fingerprint density at radius 3 is 2.12 bits per heavy atom. The Labute approximate surface area is 189 Å². The van der Waals surface area contributed by atoms with Gasteiger partial charge in [-0.3, -0.25) is 19.6 Å². The van der Waals surface area contributed by atoms with Crippen LogP contribution in [0.25, 0.3) is 0 Å². The Morgan fingerprint density at radius 2 is 1.55 bits per heavy atom. The third-order valence-electron chi connectivity index (χ3n) is 4.44. The number of carbonyl (C=O) groups is 1. The number of benzene rings is 3. The van der Waals surface area contributed by atoms with E-state index in [1.807, 2.05) is 0 Å². The minimum absolute atomic E-state index is 0.0410. The van der Waals surface area contributed by atoms with Gasteiger partial charge in [0.25, 0.3) is 21.6 Å². The highest BCUT2D eigenvalue weighted by molar-refractivity contribution is 7.92. The number of nitro benzene ring substituents is 1. The molecule has 1 amide bonds. The summed E-state index contributed by atoms with van der Waals surface area (Å²) in [5, 5.41) is 18.6. The number of carbonyl (C=O) groups excluding carboxylic acids is 1. The topological polar surface area (TPSA) is 179 Å². The molecule has 0 bridgehead atoms. The Hall–Kier alpha value is -3.81. The fourth-order valence-electron chi connectivity index (χ4n) is 2.75. The molecular weight excluding hydrogens is 472 g/mol. The first-order valence-corrected chi connectivity index (χ1v) is 12.3. The fourth-order valence-corrected chi connectivity index (χ4v) is 4.36. The van der Waals surface area contributed by atoms with Gasteiger partial charge >= 0.3 is 0 Å². The summed E-state index contributed by atoms with van der Waals surface area (Å²) in [6.45, 7) is 0.130. The fraction of sp³-hybridized carbons (Fsp3) is 0.0500. The minimum Gasteiger partial charge on any atom is -0.348 e. The van der Waals surface area contributed by atoms with Crippen molar-refractivity contribution in [1.82, 2.24) is 5.32 Å². The van der Waals surface area contributed by atoms with E-state index in [0.29, 0.717) is 5.56 Å². The van der Waals surface area contributed by atoms with Crippen molar-refractivity contribution in [3.05, 3.63) is 94.0 Å². The largest absolute Gasteiger partial charge is 0.348 e. The summed E-state index contributed by atoms with van der Waals surface area (Å²) in [7, 11) is -7.87. The Balaban J connectivity index is 1.64. The maximum atomic E-state index is 12.5. The lowest BCUT2D eigenvalue weighted by Gasteiger charge is -2.09. The molecule has 0 aliphatic rings. The van der Waals surface area contributed by atoms with Gasteiger partial charge in [0.15, 0.2) is 0 Å². The molecule has 0 radical (unpaired) electrons. The SMILES string of the molecule is NS(=O)(=O)c1ccc(CNC(=O)c2ccc(NS(=O)(=O)c3cccc([N+](=O)[O-])c3)cc2)cc1. The van der Waals surface area contributed by atoms with Crippen LogP contribution in [0.3, 0.4) is 0 Å². The molecule has 0 atom stereocenters. The zero-order chi connectivity index (χ0) is 24.2. The van der Waals surface area contributed by atoms with Gasteiger partial charge in [-0.15, -0.1) is 0 Å². The van der Waals surface area contributed by atoms with Gasteiger partial charge in [0, 0.05) is 29.9 Å². The molecule has 0 heterocycles. The zero-order valence-electron chi connectivity index (χ0n) is 16.8. The Bertz CT molecular complexity index is 1400. The Morgan fingerprint density at radius 1 is 0.909 bits per heavy atom. The summed E-state index contributed by atoms with van der Waals surface area (Å²) in [5.41, 5.74) is 0.715. The van der Waals surface area contributed by atoms with E-state index in [4.69, 9.17) is 5.14 Å². The lowest BCUT2D eigenvalue weighted by atomic mass is 10.2. The monoisotopic (exact) mass is 490 g/mol. The number of sulfonamides is 2. The summed E-state index contributed by atoms with van der Waals surface area (Å²) in [6.07, 6.45) is 0. The molecule has 0 fully saturated rings. The van der Waals surface area contributed by atoms with Crippen LogP contribution >= 0.6 is 0 Å². The van der Waals surface area contributed by atoms with E-state index in [9.17, 15) is 31.7 Å². The zero-order valence-corrected chi connectivity index (χ0v) is 18.5. The molecule has 0 saturated carbocycles. The van der Waals surface area contributed by atoms with Crippen molar-refractivity contribution in [1.29, 1.82) is 0 Å². The van der Waals surface area contributed by atoms with Crippen LogP contribution in [0.1, 0.15) is 15.9 Å². The van der Waals surface area contributed by atoms with Crippen LogP contribution in [0.15, 0.2) is 82.6 Å². The standard InChI is InChI=1S/C20H18N4O7S2/c21-32(28,29)18-10-4-14(5-11-18)13-22-20(25)15-6-8-16(9-7-15)23-33(30,31)19-3-1-2-17(12-19)24(26)27/h1-12,23H,13H2,(H,22,25)(H2,21,28,29). The molecule has 0 unspecified atom stereocenters. The number of non-ortho nitro benzene ring substituents is 1. The lowest BCUT2D eigenvalue weighted by molar-refractivity contribution is -0.385. The highest BCUT2D eigenvalue weighted by Gasteiger charge is 2.18. The molecule has 3 aromatic carbocycles. The van der Waals surface area contributed by atoms with Gasteiger partial charge in [0.05, 0.1) is 14.7 Å². The number of hydrogen-bond donors (Lipinski definition) is 3. The molecule has 0 aliphatic heterocycles. The molecule has 0 saturated heterocycles. The predicted molar refractivity (Wildman–Crippen MR) is 119 cm³/mol. The van der Waals surface area contributed by atoms with Crippen molar-refractivity contribution >= 4 is 37.3 Å². The first kappa shape index (κ1) is 23.8. The molecule has 0 aromatic heterocycles. The molecule has 4 N–H and O–H groups in total. The molecule has 3 aromatic rings.